The number of rotatable bonds is 1. The number of piperidine rings is 1. The number of nitrogens with zero attached hydrogens (tertiary/aromatic N) is 1. The van der Waals surface area contributed by atoms with Gasteiger partial charge in [0.15, 0.2) is 0 Å². The third kappa shape index (κ3) is 1.95. The fraction of sp³-hybridized carbons (Fsp3) is 0.417. The van der Waals surface area contributed by atoms with Gasteiger partial charge in [-0.2, -0.15) is 0 Å². The highest BCUT2D eigenvalue weighted by atomic mass is 35.5. The number of hydrogen-bond donors (Lipinski definition) is 1. The molecule has 1 N–H and O–H groups in total. The van der Waals surface area contributed by atoms with Gasteiger partial charge in [0.05, 0.1) is 16.3 Å². The zero-order valence-electron chi connectivity index (χ0n) is 8.87. The van der Waals surface area contributed by atoms with E-state index in [2.05, 4.69) is 10.3 Å². The summed E-state index contributed by atoms with van der Waals surface area (Å²) in [5.41, 5.74) is 1.07. The van der Waals surface area contributed by atoms with E-state index in [9.17, 15) is 0 Å². The summed E-state index contributed by atoms with van der Waals surface area (Å²) in [7, 11) is 0. The van der Waals surface area contributed by atoms with E-state index in [4.69, 9.17) is 11.6 Å². The van der Waals surface area contributed by atoms with Crippen molar-refractivity contribution in [2.45, 2.75) is 25.3 Å². The molecule has 3 rings (SSSR count). The highest BCUT2D eigenvalue weighted by Crippen LogP contribution is 2.31. The van der Waals surface area contributed by atoms with Crippen molar-refractivity contribution in [2.75, 3.05) is 6.54 Å². The number of fused-ring (bicyclic) bond motifs is 1. The van der Waals surface area contributed by atoms with Crippen molar-refractivity contribution in [2.24, 2.45) is 0 Å². The fourth-order valence-corrected chi connectivity index (χ4v) is 3.48. The Morgan fingerprint density at radius 2 is 2.31 bits per heavy atom. The number of hydrogen-bond acceptors (Lipinski definition) is 3. The Morgan fingerprint density at radius 1 is 1.38 bits per heavy atom. The van der Waals surface area contributed by atoms with Gasteiger partial charge < -0.3 is 5.32 Å². The molecule has 0 spiro atoms. The Labute approximate surface area is 104 Å². The van der Waals surface area contributed by atoms with Crippen molar-refractivity contribution >= 4 is 33.2 Å². The normalized spacial score (nSPS) is 21.4. The maximum Gasteiger partial charge on any atom is 0.111 e. The molecule has 1 fully saturated rings. The predicted octanol–water partition coefficient (Wildman–Crippen LogP) is 3.76. The Hall–Kier alpha value is -0.640. The lowest BCUT2D eigenvalue weighted by Crippen LogP contribution is -2.26. The first-order valence-corrected chi connectivity index (χ1v) is 6.82. The van der Waals surface area contributed by atoms with Gasteiger partial charge in [0, 0.05) is 5.02 Å². The number of halogens is 1. The van der Waals surface area contributed by atoms with Crippen molar-refractivity contribution in [1.29, 1.82) is 0 Å². The van der Waals surface area contributed by atoms with Gasteiger partial charge in [-0.3, -0.25) is 0 Å². The lowest BCUT2D eigenvalue weighted by Gasteiger charge is -2.20. The van der Waals surface area contributed by atoms with Gasteiger partial charge >= 0.3 is 0 Å². The van der Waals surface area contributed by atoms with Crippen molar-refractivity contribution in [1.82, 2.24) is 10.3 Å². The summed E-state index contributed by atoms with van der Waals surface area (Å²) in [6, 6.07) is 6.35. The molecule has 2 aromatic rings. The molecule has 1 aliphatic rings. The summed E-state index contributed by atoms with van der Waals surface area (Å²) in [5, 5.41) is 5.52. The number of aromatic nitrogens is 1. The van der Waals surface area contributed by atoms with Gasteiger partial charge in [0.1, 0.15) is 5.01 Å². The minimum Gasteiger partial charge on any atom is -0.308 e. The quantitative estimate of drug-likeness (QED) is 0.836. The number of nitrogens with one attached hydrogen (secondary N) is 1. The molecular weight excluding hydrogens is 240 g/mol. The second kappa shape index (κ2) is 4.32. The summed E-state index contributed by atoms with van der Waals surface area (Å²) >= 11 is 7.74. The van der Waals surface area contributed by atoms with Crippen molar-refractivity contribution in [3.8, 4) is 0 Å². The van der Waals surface area contributed by atoms with E-state index in [1.165, 1.54) is 29.0 Å². The molecule has 2 heterocycles. The molecule has 1 unspecified atom stereocenters. The first kappa shape index (κ1) is 10.5. The maximum absolute atomic E-state index is 5.98. The van der Waals surface area contributed by atoms with Crippen LogP contribution in [0.2, 0.25) is 5.02 Å². The van der Waals surface area contributed by atoms with Gasteiger partial charge in [-0.25, -0.2) is 4.98 Å². The summed E-state index contributed by atoms with van der Waals surface area (Å²) in [6.45, 7) is 1.11. The average molecular weight is 253 g/mol. The molecule has 0 saturated carbocycles. The minimum atomic E-state index is 0.449. The van der Waals surface area contributed by atoms with E-state index >= 15 is 0 Å². The maximum atomic E-state index is 5.98. The Bertz CT molecular complexity index is 503. The van der Waals surface area contributed by atoms with E-state index in [0.717, 1.165) is 17.1 Å². The van der Waals surface area contributed by atoms with Crippen LogP contribution >= 0.6 is 22.9 Å². The summed E-state index contributed by atoms with van der Waals surface area (Å²) in [5.74, 6) is 0. The molecule has 16 heavy (non-hydrogen) atoms. The first-order valence-electron chi connectivity index (χ1n) is 5.62. The smallest absolute Gasteiger partial charge is 0.111 e. The monoisotopic (exact) mass is 252 g/mol. The lowest BCUT2D eigenvalue weighted by molar-refractivity contribution is 0.411. The molecule has 0 radical (unpaired) electrons. The van der Waals surface area contributed by atoms with Crippen LogP contribution in [-0.2, 0) is 0 Å². The SMILES string of the molecule is Clc1ccc2nc(C3CCCCN3)sc2c1. The van der Waals surface area contributed by atoms with E-state index in [-0.39, 0.29) is 0 Å². The van der Waals surface area contributed by atoms with Gasteiger partial charge in [0.25, 0.3) is 0 Å². The third-order valence-electron chi connectivity index (χ3n) is 2.98. The van der Waals surface area contributed by atoms with Crippen LogP contribution in [-0.4, -0.2) is 11.5 Å². The highest BCUT2D eigenvalue weighted by molar-refractivity contribution is 7.18. The molecule has 2 nitrogen and oxygen atoms in total. The largest absolute Gasteiger partial charge is 0.308 e. The van der Waals surface area contributed by atoms with Gasteiger partial charge in [-0.1, -0.05) is 18.0 Å². The molecule has 4 heteroatoms. The molecule has 0 amide bonds. The Kier molecular flexibility index (Phi) is 2.84. The van der Waals surface area contributed by atoms with Crippen LogP contribution < -0.4 is 5.32 Å². The zero-order valence-corrected chi connectivity index (χ0v) is 10.4. The Balaban J connectivity index is 1.97. The third-order valence-corrected chi connectivity index (χ3v) is 4.34. The molecule has 1 aromatic carbocycles. The fourth-order valence-electron chi connectivity index (χ4n) is 2.13. The number of thiazole rings is 1. The van der Waals surface area contributed by atoms with E-state index in [1.807, 2.05) is 18.2 Å². The van der Waals surface area contributed by atoms with E-state index in [0.29, 0.717) is 6.04 Å². The van der Waals surface area contributed by atoms with Crippen molar-refractivity contribution in [3.05, 3.63) is 28.2 Å². The van der Waals surface area contributed by atoms with Crippen LogP contribution in [0.4, 0.5) is 0 Å². The summed E-state index contributed by atoms with van der Waals surface area (Å²) in [6.07, 6.45) is 3.79. The molecular formula is C12H13ClN2S. The standard InChI is InChI=1S/C12H13ClN2S/c13-8-4-5-9-11(7-8)16-12(15-9)10-3-1-2-6-14-10/h4-5,7,10,14H,1-3,6H2. The second-order valence-electron chi connectivity index (χ2n) is 4.17. The summed E-state index contributed by atoms with van der Waals surface area (Å²) < 4.78 is 1.19. The van der Waals surface area contributed by atoms with Gasteiger partial charge in [0.2, 0.25) is 0 Å². The first-order chi connectivity index (χ1) is 7.83. The van der Waals surface area contributed by atoms with Crippen LogP contribution in [0.3, 0.4) is 0 Å². The van der Waals surface area contributed by atoms with Crippen LogP contribution in [0.1, 0.15) is 30.3 Å². The molecule has 1 aromatic heterocycles. The average Bonchev–Trinajstić information content (AvgIpc) is 2.73. The predicted molar refractivity (Wildman–Crippen MR) is 69.2 cm³/mol. The van der Waals surface area contributed by atoms with Gasteiger partial charge in [-0.15, -0.1) is 11.3 Å². The van der Waals surface area contributed by atoms with Crippen LogP contribution in [0, 0.1) is 0 Å². The molecule has 0 bridgehead atoms. The van der Waals surface area contributed by atoms with Crippen molar-refractivity contribution in [3.63, 3.8) is 0 Å². The number of benzene rings is 1. The highest BCUT2D eigenvalue weighted by Gasteiger charge is 2.18. The molecule has 1 aliphatic heterocycles. The second-order valence-corrected chi connectivity index (χ2v) is 5.67. The van der Waals surface area contributed by atoms with E-state index in [1.54, 1.807) is 11.3 Å². The van der Waals surface area contributed by atoms with E-state index < -0.39 is 0 Å². The Morgan fingerprint density at radius 3 is 3.12 bits per heavy atom. The zero-order chi connectivity index (χ0) is 11.0. The summed E-state index contributed by atoms with van der Waals surface area (Å²) in [4.78, 5) is 4.67. The van der Waals surface area contributed by atoms with Crippen LogP contribution in [0.25, 0.3) is 10.2 Å². The molecule has 0 aliphatic carbocycles. The topological polar surface area (TPSA) is 24.9 Å². The molecule has 1 atom stereocenters. The van der Waals surface area contributed by atoms with Crippen LogP contribution in [0.5, 0.6) is 0 Å². The molecule has 1 saturated heterocycles. The van der Waals surface area contributed by atoms with Gasteiger partial charge in [-0.05, 0) is 37.6 Å². The lowest BCUT2D eigenvalue weighted by atomic mass is 10.1. The van der Waals surface area contributed by atoms with Crippen molar-refractivity contribution < 1.29 is 0 Å². The minimum absolute atomic E-state index is 0.449. The van der Waals surface area contributed by atoms with Crippen LogP contribution in [0.15, 0.2) is 18.2 Å². The molecule has 84 valence electrons.